The number of carbonyl (C=O) groups excluding carboxylic acids is 1. The molecular weight excluding hydrogens is 304 g/mol. The maximum absolute atomic E-state index is 12.7. The normalized spacial score (nSPS) is 21.4. The Hall–Kier alpha value is -2.40. The number of rotatable bonds is 2. The standard InChI is InChI=1S/C19H20N2O3/c22-15-6-3-9-20-16(15)18(23)21-17-14-5-2-1-4-13(14)12-19(17)7-10-24-11-8-19/h1-6,9,17,22H,7-8,10-12H2,(H,21,23). The molecule has 0 saturated carbocycles. The lowest BCUT2D eigenvalue weighted by Gasteiger charge is -2.39. The van der Waals surface area contributed by atoms with Gasteiger partial charge in [0.15, 0.2) is 5.69 Å². The average molecular weight is 324 g/mol. The van der Waals surface area contributed by atoms with E-state index in [0.717, 1.165) is 32.5 Å². The molecule has 2 heterocycles. The summed E-state index contributed by atoms with van der Waals surface area (Å²) in [4.78, 5) is 16.7. The highest BCUT2D eigenvalue weighted by molar-refractivity contribution is 5.95. The maximum Gasteiger partial charge on any atom is 0.274 e. The number of hydrogen-bond donors (Lipinski definition) is 2. The first-order valence-electron chi connectivity index (χ1n) is 8.30. The van der Waals surface area contributed by atoms with Gasteiger partial charge in [-0.05, 0) is 42.5 Å². The molecule has 2 aromatic rings. The van der Waals surface area contributed by atoms with Crippen molar-refractivity contribution in [3.8, 4) is 5.75 Å². The van der Waals surface area contributed by atoms with Crippen LogP contribution in [0.2, 0.25) is 0 Å². The number of pyridine rings is 1. The summed E-state index contributed by atoms with van der Waals surface area (Å²) in [5.74, 6) is -0.428. The number of nitrogens with one attached hydrogen (secondary N) is 1. The van der Waals surface area contributed by atoms with E-state index in [1.807, 2.05) is 12.1 Å². The zero-order chi connectivity index (χ0) is 16.6. The van der Waals surface area contributed by atoms with Crippen LogP contribution in [0.15, 0.2) is 42.6 Å². The monoisotopic (exact) mass is 324 g/mol. The molecule has 5 heteroatoms. The lowest BCUT2D eigenvalue weighted by Crippen LogP contribution is -2.42. The topological polar surface area (TPSA) is 71.5 Å². The van der Waals surface area contributed by atoms with E-state index in [1.165, 1.54) is 23.4 Å². The molecule has 1 atom stereocenters. The maximum atomic E-state index is 12.7. The van der Waals surface area contributed by atoms with Crippen molar-refractivity contribution >= 4 is 5.91 Å². The Balaban J connectivity index is 1.68. The second kappa shape index (κ2) is 5.91. The van der Waals surface area contributed by atoms with E-state index in [0.29, 0.717) is 0 Å². The Morgan fingerprint density at radius 2 is 2.00 bits per heavy atom. The molecular formula is C19H20N2O3. The third-order valence-electron chi connectivity index (χ3n) is 5.29. The number of nitrogens with zero attached hydrogens (tertiary/aromatic N) is 1. The largest absolute Gasteiger partial charge is 0.505 e. The van der Waals surface area contributed by atoms with Crippen molar-refractivity contribution in [1.82, 2.24) is 10.3 Å². The summed E-state index contributed by atoms with van der Waals surface area (Å²) in [5.41, 5.74) is 2.52. The molecule has 1 aliphatic heterocycles. The number of benzene rings is 1. The fourth-order valence-electron chi connectivity index (χ4n) is 4.03. The Labute approximate surface area is 140 Å². The second-order valence-corrected chi connectivity index (χ2v) is 6.63. The van der Waals surface area contributed by atoms with Crippen molar-refractivity contribution in [3.63, 3.8) is 0 Å². The third kappa shape index (κ3) is 2.45. The van der Waals surface area contributed by atoms with Crippen LogP contribution in [0.1, 0.15) is 40.5 Å². The van der Waals surface area contributed by atoms with Crippen LogP contribution < -0.4 is 5.32 Å². The van der Waals surface area contributed by atoms with Crippen LogP contribution in [0.4, 0.5) is 0 Å². The number of hydrogen-bond acceptors (Lipinski definition) is 4. The van der Waals surface area contributed by atoms with Gasteiger partial charge in [-0.25, -0.2) is 4.98 Å². The van der Waals surface area contributed by atoms with Gasteiger partial charge in [0, 0.05) is 24.8 Å². The highest BCUT2D eigenvalue weighted by Gasteiger charge is 2.47. The predicted octanol–water partition coefficient (Wildman–Crippen LogP) is 2.61. The van der Waals surface area contributed by atoms with E-state index in [4.69, 9.17) is 4.74 Å². The Morgan fingerprint density at radius 3 is 2.79 bits per heavy atom. The molecule has 124 valence electrons. The van der Waals surface area contributed by atoms with Gasteiger partial charge in [0.2, 0.25) is 0 Å². The minimum absolute atomic E-state index is 0.0119. The summed E-state index contributed by atoms with van der Waals surface area (Å²) >= 11 is 0. The summed E-state index contributed by atoms with van der Waals surface area (Å²) in [6, 6.07) is 11.3. The van der Waals surface area contributed by atoms with E-state index >= 15 is 0 Å². The molecule has 1 aliphatic carbocycles. The third-order valence-corrected chi connectivity index (χ3v) is 5.29. The first-order chi connectivity index (χ1) is 11.7. The van der Waals surface area contributed by atoms with E-state index in [9.17, 15) is 9.90 Å². The molecule has 24 heavy (non-hydrogen) atoms. The molecule has 0 bridgehead atoms. The molecule has 2 N–H and O–H groups in total. The number of ether oxygens (including phenoxy) is 1. The fraction of sp³-hybridized carbons (Fsp3) is 0.368. The van der Waals surface area contributed by atoms with Crippen molar-refractivity contribution in [2.24, 2.45) is 5.41 Å². The summed E-state index contributed by atoms with van der Waals surface area (Å²) in [5, 5.41) is 13.0. The summed E-state index contributed by atoms with van der Waals surface area (Å²) in [7, 11) is 0. The Bertz CT molecular complexity index is 769. The van der Waals surface area contributed by atoms with Gasteiger partial charge in [-0.3, -0.25) is 4.79 Å². The van der Waals surface area contributed by atoms with Crippen LogP contribution in [0, 0.1) is 5.41 Å². The minimum Gasteiger partial charge on any atom is -0.505 e. The van der Waals surface area contributed by atoms with Crippen molar-refractivity contribution < 1.29 is 14.6 Å². The summed E-state index contributed by atoms with van der Waals surface area (Å²) in [6.45, 7) is 1.43. The first kappa shape index (κ1) is 15.1. The zero-order valence-corrected chi connectivity index (χ0v) is 13.4. The number of amides is 1. The van der Waals surface area contributed by atoms with Crippen LogP contribution in [0.5, 0.6) is 5.75 Å². The van der Waals surface area contributed by atoms with Gasteiger partial charge in [0.1, 0.15) is 5.75 Å². The molecule has 2 aliphatic rings. The van der Waals surface area contributed by atoms with Crippen LogP contribution in [0.3, 0.4) is 0 Å². The second-order valence-electron chi connectivity index (χ2n) is 6.63. The van der Waals surface area contributed by atoms with E-state index in [-0.39, 0.29) is 28.8 Å². The van der Waals surface area contributed by atoms with Crippen LogP contribution in [0.25, 0.3) is 0 Å². The first-order valence-corrected chi connectivity index (χ1v) is 8.30. The van der Waals surface area contributed by atoms with Crippen molar-refractivity contribution in [2.45, 2.75) is 25.3 Å². The average Bonchev–Trinajstić information content (AvgIpc) is 2.89. The zero-order valence-electron chi connectivity index (χ0n) is 13.4. The SMILES string of the molecule is O=C(NC1c2ccccc2CC12CCOCC2)c1ncccc1O. The molecule has 1 aromatic carbocycles. The summed E-state index contributed by atoms with van der Waals surface area (Å²) < 4.78 is 5.55. The van der Waals surface area contributed by atoms with E-state index in [1.54, 1.807) is 6.07 Å². The van der Waals surface area contributed by atoms with Gasteiger partial charge >= 0.3 is 0 Å². The van der Waals surface area contributed by atoms with Gasteiger partial charge in [-0.2, -0.15) is 0 Å². The van der Waals surface area contributed by atoms with Crippen molar-refractivity contribution in [1.29, 1.82) is 0 Å². The van der Waals surface area contributed by atoms with Gasteiger partial charge in [0.05, 0.1) is 6.04 Å². The number of aromatic nitrogens is 1. The highest BCUT2D eigenvalue weighted by Crippen LogP contribution is 2.51. The lowest BCUT2D eigenvalue weighted by atomic mass is 9.74. The molecule has 1 amide bonds. The van der Waals surface area contributed by atoms with Gasteiger partial charge in [-0.1, -0.05) is 24.3 Å². The molecule has 1 unspecified atom stereocenters. The number of carbonyl (C=O) groups is 1. The molecule has 4 rings (SSSR count). The molecule has 0 radical (unpaired) electrons. The highest BCUT2D eigenvalue weighted by atomic mass is 16.5. The van der Waals surface area contributed by atoms with Crippen LogP contribution >= 0.6 is 0 Å². The smallest absolute Gasteiger partial charge is 0.274 e. The van der Waals surface area contributed by atoms with E-state index in [2.05, 4.69) is 22.4 Å². The predicted molar refractivity (Wildman–Crippen MR) is 88.7 cm³/mol. The number of aromatic hydroxyl groups is 1. The van der Waals surface area contributed by atoms with Crippen molar-refractivity contribution in [2.75, 3.05) is 13.2 Å². The van der Waals surface area contributed by atoms with Crippen LogP contribution in [-0.4, -0.2) is 29.2 Å². The number of fused-ring (bicyclic) bond motifs is 1. The van der Waals surface area contributed by atoms with Gasteiger partial charge < -0.3 is 15.2 Å². The Morgan fingerprint density at radius 1 is 1.21 bits per heavy atom. The van der Waals surface area contributed by atoms with Gasteiger partial charge in [-0.15, -0.1) is 0 Å². The lowest BCUT2D eigenvalue weighted by molar-refractivity contribution is 0.000487. The van der Waals surface area contributed by atoms with Gasteiger partial charge in [0.25, 0.3) is 5.91 Å². The van der Waals surface area contributed by atoms with Crippen molar-refractivity contribution in [3.05, 3.63) is 59.4 Å². The molecule has 1 fully saturated rings. The molecule has 1 aromatic heterocycles. The van der Waals surface area contributed by atoms with E-state index < -0.39 is 0 Å². The molecule has 1 spiro atoms. The summed E-state index contributed by atoms with van der Waals surface area (Å²) in [6.07, 6.45) is 4.30. The Kier molecular flexibility index (Phi) is 3.73. The molecule has 5 nitrogen and oxygen atoms in total. The molecule has 1 saturated heterocycles. The van der Waals surface area contributed by atoms with Crippen LogP contribution in [-0.2, 0) is 11.2 Å². The fourth-order valence-corrected chi connectivity index (χ4v) is 4.03. The minimum atomic E-state index is -0.333. The quantitative estimate of drug-likeness (QED) is 0.891.